The molecule has 226 valence electrons. The van der Waals surface area contributed by atoms with Gasteiger partial charge in [-0.2, -0.15) is 0 Å². The molecule has 1 saturated heterocycles. The Bertz CT molecular complexity index is 1260. The number of halogens is 3. The molecule has 0 spiro atoms. The highest BCUT2D eigenvalue weighted by molar-refractivity contribution is 5.86. The van der Waals surface area contributed by atoms with Gasteiger partial charge in [0.05, 0.1) is 11.4 Å². The number of piperazine rings is 1. The molecule has 1 aliphatic carbocycles. The van der Waals surface area contributed by atoms with E-state index in [1.54, 1.807) is 0 Å². The number of hydrogen-bond acceptors (Lipinski definition) is 3. The Morgan fingerprint density at radius 1 is 0.714 bits per heavy atom. The molecule has 4 aromatic rings. The summed E-state index contributed by atoms with van der Waals surface area (Å²) in [5, 5.41) is 0. The minimum Gasteiger partial charge on any atom is -0.344 e. The van der Waals surface area contributed by atoms with Gasteiger partial charge in [-0.25, -0.2) is 4.98 Å². The monoisotopic (exact) mass is 626 g/mol. The number of aromatic amines is 1. The predicted molar refractivity (Wildman–Crippen MR) is 183 cm³/mol. The van der Waals surface area contributed by atoms with E-state index in [0.717, 1.165) is 38.4 Å². The van der Waals surface area contributed by atoms with Crippen LogP contribution >= 0.6 is 37.2 Å². The van der Waals surface area contributed by atoms with E-state index in [0.29, 0.717) is 17.9 Å². The van der Waals surface area contributed by atoms with Crippen molar-refractivity contribution in [2.45, 2.75) is 56.9 Å². The number of H-pyrrole nitrogens is 1. The van der Waals surface area contributed by atoms with Gasteiger partial charge in [-0.3, -0.25) is 9.80 Å². The van der Waals surface area contributed by atoms with Gasteiger partial charge in [0, 0.05) is 56.2 Å². The van der Waals surface area contributed by atoms with Crippen molar-refractivity contribution in [2.24, 2.45) is 0 Å². The van der Waals surface area contributed by atoms with Gasteiger partial charge in [0.25, 0.3) is 0 Å². The van der Waals surface area contributed by atoms with Gasteiger partial charge in [-0.1, -0.05) is 110 Å². The van der Waals surface area contributed by atoms with Gasteiger partial charge in [-0.05, 0) is 30.9 Å². The number of imidazole rings is 1. The maximum atomic E-state index is 5.25. The lowest BCUT2D eigenvalue weighted by atomic mass is 9.89. The molecule has 3 aromatic carbocycles. The molecule has 2 fully saturated rings. The van der Waals surface area contributed by atoms with E-state index < -0.39 is 0 Å². The molecule has 1 saturated carbocycles. The maximum absolute atomic E-state index is 5.25. The molecule has 7 heteroatoms. The Morgan fingerprint density at radius 3 is 1.79 bits per heavy atom. The zero-order valence-electron chi connectivity index (χ0n) is 24.5. The minimum absolute atomic E-state index is 0. The van der Waals surface area contributed by atoms with Crippen molar-refractivity contribution in [2.75, 3.05) is 32.7 Å². The molecule has 1 aliphatic heterocycles. The molecule has 1 N–H and O–H groups in total. The van der Waals surface area contributed by atoms with Gasteiger partial charge in [-0.15, -0.1) is 37.2 Å². The van der Waals surface area contributed by atoms with Crippen molar-refractivity contribution in [3.63, 3.8) is 0 Å². The van der Waals surface area contributed by atoms with Crippen LogP contribution < -0.4 is 0 Å². The van der Waals surface area contributed by atoms with Crippen molar-refractivity contribution < 1.29 is 0 Å². The minimum atomic E-state index is 0. The number of rotatable bonds is 8. The molecule has 2 heterocycles. The van der Waals surface area contributed by atoms with Crippen LogP contribution in [0.1, 0.15) is 79.6 Å². The van der Waals surface area contributed by atoms with E-state index in [1.165, 1.54) is 60.3 Å². The number of hydrogen-bond donors (Lipinski definition) is 1. The van der Waals surface area contributed by atoms with Crippen LogP contribution in [0.15, 0.2) is 91.0 Å². The number of nitrogens with zero attached hydrogens (tertiary/aromatic N) is 3. The molecular formula is C35H45Cl3N4. The first-order valence-electron chi connectivity index (χ1n) is 15.0. The lowest BCUT2D eigenvalue weighted by molar-refractivity contribution is 0.0990. The fourth-order valence-corrected chi connectivity index (χ4v) is 6.64. The van der Waals surface area contributed by atoms with Crippen molar-refractivity contribution in [1.82, 2.24) is 19.8 Å². The Kier molecular flexibility index (Phi) is 13.4. The average Bonchev–Trinajstić information content (AvgIpc) is 3.47. The quantitative estimate of drug-likeness (QED) is 0.212. The maximum Gasteiger partial charge on any atom is 0.110 e. The van der Waals surface area contributed by atoms with Crippen LogP contribution in [0.5, 0.6) is 0 Å². The lowest BCUT2D eigenvalue weighted by Gasteiger charge is -2.39. The Balaban J connectivity index is 0.00000161. The van der Waals surface area contributed by atoms with Gasteiger partial charge in [0.15, 0.2) is 0 Å². The van der Waals surface area contributed by atoms with E-state index in [1.807, 2.05) is 0 Å². The van der Waals surface area contributed by atoms with E-state index in [9.17, 15) is 0 Å². The first kappa shape index (κ1) is 34.2. The standard InChI is InChI=1S/C35H42N4.3ClH/c1-27(33-34(30-18-10-4-11-19-30)37-35(36-33)31-20-12-5-13-21-31)39-24-22-38(23-25-39)26-32(28-14-6-2-7-15-28)29-16-8-3-9-17-29;;;/h2-4,6-11,14-19,27,31-32H,5,12-13,20-26H2,1H3,(H,36,37);3*1H. The van der Waals surface area contributed by atoms with E-state index in [4.69, 9.17) is 4.98 Å². The molecule has 2 aliphatic rings. The summed E-state index contributed by atoms with van der Waals surface area (Å²) in [6.07, 6.45) is 6.54. The van der Waals surface area contributed by atoms with E-state index in [2.05, 4.69) is 113 Å². The van der Waals surface area contributed by atoms with Crippen LogP contribution in [0, 0.1) is 0 Å². The van der Waals surface area contributed by atoms with Gasteiger partial charge < -0.3 is 4.98 Å². The average molecular weight is 628 g/mol. The fourth-order valence-electron chi connectivity index (χ4n) is 6.64. The lowest BCUT2D eigenvalue weighted by Crippen LogP contribution is -2.48. The Labute approximate surface area is 270 Å². The van der Waals surface area contributed by atoms with Crippen molar-refractivity contribution in [3.8, 4) is 11.3 Å². The number of benzene rings is 3. The van der Waals surface area contributed by atoms with E-state index in [-0.39, 0.29) is 37.2 Å². The van der Waals surface area contributed by atoms with Crippen LogP contribution in [-0.4, -0.2) is 52.5 Å². The second kappa shape index (κ2) is 16.5. The highest BCUT2D eigenvalue weighted by Crippen LogP contribution is 2.36. The summed E-state index contributed by atoms with van der Waals surface area (Å²) in [7, 11) is 0. The zero-order chi connectivity index (χ0) is 26.4. The third-order valence-electron chi connectivity index (χ3n) is 9.01. The van der Waals surface area contributed by atoms with Crippen molar-refractivity contribution >= 4 is 37.2 Å². The molecule has 0 amide bonds. The van der Waals surface area contributed by atoms with Gasteiger partial charge in [0.2, 0.25) is 0 Å². The summed E-state index contributed by atoms with van der Waals surface area (Å²) < 4.78 is 0. The summed E-state index contributed by atoms with van der Waals surface area (Å²) in [6, 6.07) is 33.1. The highest BCUT2D eigenvalue weighted by atomic mass is 35.5. The summed E-state index contributed by atoms with van der Waals surface area (Å²) in [4.78, 5) is 14.4. The molecule has 0 bridgehead atoms. The van der Waals surface area contributed by atoms with Crippen molar-refractivity contribution in [1.29, 1.82) is 0 Å². The van der Waals surface area contributed by atoms with Crippen LogP contribution in [-0.2, 0) is 0 Å². The van der Waals surface area contributed by atoms with Crippen LogP contribution in [0.3, 0.4) is 0 Å². The second-order valence-electron chi connectivity index (χ2n) is 11.5. The number of nitrogens with one attached hydrogen (secondary N) is 1. The summed E-state index contributed by atoms with van der Waals surface area (Å²) in [6.45, 7) is 7.75. The third kappa shape index (κ3) is 7.98. The summed E-state index contributed by atoms with van der Waals surface area (Å²) in [5.74, 6) is 2.18. The van der Waals surface area contributed by atoms with Crippen molar-refractivity contribution in [3.05, 3.63) is 114 Å². The van der Waals surface area contributed by atoms with Gasteiger partial charge >= 0.3 is 0 Å². The SMILES string of the molecule is CC(c1[nH]c(C2CCCCC2)nc1-c1ccccc1)N1CCN(CC(c2ccccc2)c2ccccc2)CC1.Cl.Cl.Cl. The van der Waals surface area contributed by atoms with Crippen LogP contribution in [0.2, 0.25) is 0 Å². The molecule has 1 atom stereocenters. The van der Waals surface area contributed by atoms with E-state index >= 15 is 0 Å². The smallest absolute Gasteiger partial charge is 0.110 e. The predicted octanol–water partition coefficient (Wildman–Crippen LogP) is 8.90. The normalized spacial score (nSPS) is 17.1. The first-order chi connectivity index (χ1) is 19.3. The largest absolute Gasteiger partial charge is 0.344 e. The third-order valence-corrected chi connectivity index (χ3v) is 9.01. The zero-order valence-corrected chi connectivity index (χ0v) is 27.0. The fraction of sp³-hybridized carbons (Fsp3) is 0.400. The van der Waals surface area contributed by atoms with Crippen LogP contribution in [0.25, 0.3) is 11.3 Å². The molecular weight excluding hydrogens is 583 g/mol. The summed E-state index contributed by atoms with van der Waals surface area (Å²) >= 11 is 0. The first-order valence-corrected chi connectivity index (χ1v) is 15.0. The van der Waals surface area contributed by atoms with Crippen LogP contribution in [0.4, 0.5) is 0 Å². The second-order valence-corrected chi connectivity index (χ2v) is 11.5. The molecule has 42 heavy (non-hydrogen) atoms. The molecule has 1 aromatic heterocycles. The Morgan fingerprint density at radius 2 is 1.24 bits per heavy atom. The molecule has 0 radical (unpaired) electrons. The topological polar surface area (TPSA) is 35.2 Å². The molecule has 1 unspecified atom stereocenters. The molecule has 6 rings (SSSR count). The van der Waals surface area contributed by atoms with Gasteiger partial charge in [0.1, 0.15) is 5.82 Å². The highest BCUT2D eigenvalue weighted by Gasteiger charge is 2.29. The molecule has 4 nitrogen and oxygen atoms in total. The summed E-state index contributed by atoms with van der Waals surface area (Å²) in [5.41, 5.74) is 6.48. The Hall–Kier alpha value is -2.34. The number of aromatic nitrogens is 2.